The zero-order valence-corrected chi connectivity index (χ0v) is 10.4. The Bertz CT molecular complexity index is 193. The van der Waals surface area contributed by atoms with E-state index in [1.165, 1.54) is 0 Å². The smallest absolute Gasteiger partial charge is 0.236 e. The van der Waals surface area contributed by atoms with Crippen LogP contribution in [-0.2, 0) is 9.53 Å². The van der Waals surface area contributed by atoms with Crippen molar-refractivity contribution >= 4 is 21.8 Å². The molecule has 1 heterocycles. The Kier molecular flexibility index (Phi) is 4.89. The standard InChI is InChI=1S/C10H18BrNO2/c1-3-9(11)10(13)12(2)7-8-5-4-6-14-8/h8-9H,3-7H2,1-2H3. The number of alkyl halides is 1. The molecule has 3 nitrogen and oxygen atoms in total. The molecule has 1 aliphatic heterocycles. The number of halogens is 1. The number of carbonyl (C=O) groups excluding carboxylic acids is 1. The average molecular weight is 264 g/mol. The van der Waals surface area contributed by atoms with Crippen molar-refractivity contribution in [1.82, 2.24) is 4.90 Å². The number of rotatable bonds is 4. The molecule has 2 atom stereocenters. The molecule has 0 spiro atoms. The van der Waals surface area contributed by atoms with Gasteiger partial charge in [-0.2, -0.15) is 0 Å². The van der Waals surface area contributed by atoms with E-state index in [9.17, 15) is 4.79 Å². The van der Waals surface area contributed by atoms with Crippen LogP contribution in [0.4, 0.5) is 0 Å². The van der Waals surface area contributed by atoms with Crippen LogP contribution in [0.15, 0.2) is 0 Å². The van der Waals surface area contributed by atoms with Crippen molar-refractivity contribution in [3.63, 3.8) is 0 Å². The van der Waals surface area contributed by atoms with E-state index in [2.05, 4.69) is 15.9 Å². The van der Waals surface area contributed by atoms with E-state index in [1.807, 2.05) is 14.0 Å². The molecule has 1 aliphatic rings. The summed E-state index contributed by atoms with van der Waals surface area (Å²) in [5.41, 5.74) is 0. The van der Waals surface area contributed by atoms with Crippen molar-refractivity contribution in [3.05, 3.63) is 0 Å². The summed E-state index contributed by atoms with van der Waals surface area (Å²) in [5.74, 6) is 0.156. The first-order valence-electron chi connectivity index (χ1n) is 5.15. The molecule has 82 valence electrons. The molecule has 0 aromatic rings. The van der Waals surface area contributed by atoms with Crippen LogP contribution in [0.25, 0.3) is 0 Å². The van der Waals surface area contributed by atoms with Gasteiger partial charge in [0.15, 0.2) is 0 Å². The van der Waals surface area contributed by atoms with Gasteiger partial charge in [0, 0.05) is 20.2 Å². The second-order valence-electron chi connectivity index (χ2n) is 3.73. The maximum Gasteiger partial charge on any atom is 0.236 e. The Balaban J connectivity index is 2.32. The quantitative estimate of drug-likeness (QED) is 0.724. The highest BCUT2D eigenvalue weighted by Crippen LogP contribution is 2.14. The fourth-order valence-electron chi connectivity index (χ4n) is 1.60. The van der Waals surface area contributed by atoms with Gasteiger partial charge in [-0.25, -0.2) is 0 Å². The molecule has 0 aromatic heterocycles. The van der Waals surface area contributed by atoms with Crippen molar-refractivity contribution < 1.29 is 9.53 Å². The third-order valence-corrected chi connectivity index (χ3v) is 3.54. The number of likely N-dealkylation sites (N-methyl/N-ethyl adjacent to an activating group) is 1. The fourth-order valence-corrected chi connectivity index (χ4v) is 1.95. The van der Waals surface area contributed by atoms with Crippen molar-refractivity contribution in [3.8, 4) is 0 Å². The van der Waals surface area contributed by atoms with Crippen LogP contribution in [0.1, 0.15) is 26.2 Å². The first-order chi connectivity index (χ1) is 6.65. The van der Waals surface area contributed by atoms with Crippen LogP contribution in [0.2, 0.25) is 0 Å². The summed E-state index contributed by atoms with van der Waals surface area (Å²) in [6.07, 6.45) is 3.28. The van der Waals surface area contributed by atoms with E-state index in [1.54, 1.807) is 4.90 Å². The number of carbonyl (C=O) groups is 1. The van der Waals surface area contributed by atoms with Gasteiger partial charge in [-0.15, -0.1) is 0 Å². The molecule has 1 saturated heterocycles. The molecule has 0 saturated carbocycles. The molecule has 14 heavy (non-hydrogen) atoms. The van der Waals surface area contributed by atoms with Gasteiger partial charge < -0.3 is 9.64 Å². The van der Waals surface area contributed by atoms with Gasteiger partial charge in [0.1, 0.15) is 0 Å². The van der Waals surface area contributed by atoms with E-state index in [-0.39, 0.29) is 16.8 Å². The molecule has 4 heteroatoms. The van der Waals surface area contributed by atoms with Gasteiger partial charge in [-0.1, -0.05) is 22.9 Å². The minimum absolute atomic E-state index is 0.0473. The van der Waals surface area contributed by atoms with Crippen molar-refractivity contribution in [1.29, 1.82) is 0 Å². The van der Waals surface area contributed by atoms with E-state index < -0.39 is 0 Å². The molecule has 0 radical (unpaired) electrons. The third kappa shape index (κ3) is 3.24. The summed E-state index contributed by atoms with van der Waals surface area (Å²) in [6.45, 7) is 3.57. The minimum Gasteiger partial charge on any atom is -0.376 e. The summed E-state index contributed by atoms with van der Waals surface area (Å²) in [7, 11) is 1.84. The maximum atomic E-state index is 11.7. The summed E-state index contributed by atoms with van der Waals surface area (Å²) >= 11 is 3.36. The van der Waals surface area contributed by atoms with Gasteiger partial charge in [0.2, 0.25) is 5.91 Å². The summed E-state index contributed by atoms with van der Waals surface area (Å²) in [6, 6.07) is 0. The van der Waals surface area contributed by atoms with Crippen molar-refractivity contribution in [2.75, 3.05) is 20.2 Å². The molecule has 1 amide bonds. The predicted molar refractivity (Wildman–Crippen MR) is 59.6 cm³/mol. The summed E-state index contributed by atoms with van der Waals surface area (Å²) in [5, 5.41) is 0. The third-order valence-electron chi connectivity index (χ3n) is 2.50. The highest BCUT2D eigenvalue weighted by Gasteiger charge is 2.22. The van der Waals surface area contributed by atoms with E-state index in [0.29, 0.717) is 0 Å². The Morgan fingerprint density at radius 3 is 2.93 bits per heavy atom. The average Bonchev–Trinajstić information content (AvgIpc) is 2.68. The number of hydrogen-bond acceptors (Lipinski definition) is 2. The highest BCUT2D eigenvalue weighted by atomic mass is 79.9. The lowest BCUT2D eigenvalue weighted by Crippen LogP contribution is -2.38. The minimum atomic E-state index is -0.0473. The molecule has 2 unspecified atom stereocenters. The van der Waals surface area contributed by atoms with Gasteiger partial charge >= 0.3 is 0 Å². The van der Waals surface area contributed by atoms with Gasteiger partial charge in [0.05, 0.1) is 10.9 Å². The Hall–Kier alpha value is -0.0900. The van der Waals surface area contributed by atoms with E-state index >= 15 is 0 Å². The SMILES string of the molecule is CCC(Br)C(=O)N(C)CC1CCCO1. The normalized spacial score (nSPS) is 23.5. The molecule has 0 aliphatic carbocycles. The molecule has 1 fully saturated rings. The van der Waals surface area contributed by atoms with Crippen LogP contribution < -0.4 is 0 Å². The first-order valence-corrected chi connectivity index (χ1v) is 6.07. The Morgan fingerprint density at radius 2 is 2.43 bits per heavy atom. The second kappa shape index (κ2) is 5.71. The van der Waals surface area contributed by atoms with Crippen LogP contribution in [0.5, 0.6) is 0 Å². The molecule has 0 bridgehead atoms. The summed E-state index contributed by atoms with van der Waals surface area (Å²) < 4.78 is 5.48. The maximum absolute atomic E-state index is 11.7. The molecular formula is C10H18BrNO2. The summed E-state index contributed by atoms with van der Waals surface area (Å²) in [4.78, 5) is 13.4. The van der Waals surface area contributed by atoms with Crippen LogP contribution >= 0.6 is 15.9 Å². The van der Waals surface area contributed by atoms with E-state index in [0.717, 1.165) is 32.4 Å². The molecular weight excluding hydrogens is 246 g/mol. The van der Waals surface area contributed by atoms with Crippen LogP contribution in [0, 0.1) is 0 Å². The van der Waals surface area contributed by atoms with Crippen LogP contribution in [0.3, 0.4) is 0 Å². The number of hydrogen-bond donors (Lipinski definition) is 0. The van der Waals surface area contributed by atoms with Gasteiger partial charge in [-0.3, -0.25) is 4.79 Å². The van der Waals surface area contributed by atoms with Crippen LogP contribution in [-0.4, -0.2) is 41.9 Å². The zero-order valence-electron chi connectivity index (χ0n) is 8.83. The second-order valence-corrected chi connectivity index (χ2v) is 4.83. The predicted octanol–water partition coefficient (Wildman–Crippen LogP) is 1.80. The largest absolute Gasteiger partial charge is 0.376 e. The van der Waals surface area contributed by atoms with Crippen molar-refractivity contribution in [2.45, 2.75) is 37.1 Å². The topological polar surface area (TPSA) is 29.5 Å². The van der Waals surface area contributed by atoms with Gasteiger partial charge in [-0.05, 0) is 19.3 Å². The Morgan fingerprint density at radius 1 is 1.71 bits per heavy atom. The van der Waals surface area contributed by atoms with Gasteiger partial charge in [0.25, 0.3) is 0 Å². The Labute approximate surface area is 93.9 Å². The zero-order chi connectivity index (χ0) is 10.6. The lowest BCUT2D eigenvalue weighted by atomic mass is 10.2. The van der Waals surface area contributed by atoms with Crippen molar-refractivity contribution in [2.24, 2.45) is 0 Å². The number of ether oxygens (including phenoxy) is 1. The number of amides is 1. The monoisotopic (exact) mass is 263 g/mol. The number of nitrogens with zero attached hydrogens (tertiary/aromatic N) is 1. The lowest BCUT2D eigenvalue weighted by molar-refractivity contribution is -0.130. The fraction of sp³-hybridized carbons (Fsp3) is 0.900. The molecule has 0 N–H and O–H groups in total. The highest BCUT2D eigenvalue weighted by molar-refractivity contribution is 9.10. The lowest BCUT2D eigenvalue weighted by Gasteiger charge is -2.22. The van der Waals surface area contributed by atoms with E-state index in [4.69, 9.17) is 4.74 Å². The molecule has 0 aromatic carbocycles. The molecule has 1 rings (SSSR count). The first kappa shape index (κ1) is 12.0.